The van der Waals surface area contributed by atoms with E-state index in [1.54, 1.807) is 6.92 Å². The highest BCUT2D eigenvalue weighted by Crippen LogP contribution is 2.27. The minimum atomic E-state index is -0.551. The van der Waals surface area contributed by atoms with Crippen LogP contribution in [-0.2, 0) is 20.9 Å². The van der Waals surface area contributed by atoms with E-state index >= 15 is 0 Å². The molecule has 3 rings (SSSR count). The molecule has 0 unspecified atom stereocenters. The second-order valence-electron chi connectivity index (χ2n) is 7.89. The quantitative estimate of drug-likeness (QED) is 0.520. The second-order valence-corrected chi connectivity index (χ2v) is 7.89. The van der Waals surface area contributed by atoms with E-state index in [0.717, 1.165) is 34.6 Å². The van der Waals surface area contributed by atoms with Crippen LogP contribution in [0.4, 0.5) is 0 Å². The Morgan fingerprint density at radius 2 is 1.97 bits per heavy atom. The molecule has 1 atom stereocenters. The molecule has 0 spiro atoms. The smallest absolute Gasteiger partial charge is 0.243 e. The lowest BCUT2D eigenvalue weighted by atomic mass is 10.0. The number of aryl methyl sites for hydroxylation is 2. The number of ketones is 1. The van der Waals surface area contributed by atoms with Crippen molar-refractivity contribution in [3.63, 3.8) is 0 Å². The van der Waals surface area contributed by atoms with Gasteiger partial charge in [0.05, 0.1) is 12.1 Å². The Morgan fingerprint density at radius 3 is 2.58 bits per heavy atom. The Labute approximate surface area is 181 Å². The van der Waals surface area contributed by atoms with Gasteiger partial charge in [0.1, 0.15) is 11.8 Å². The van der Waals surface area contributed by atoms with Gasteiger partial charge in [0, 0.05) is 30.4 Å². The number of hydrogen-bond acceptors (Lipinski definition) is 6. The number of carbonyl (C=O) groups excluding carboxylic acids is 3. The molecule has 0 bridgehead atoms. The number of likely N-dealkylation sites (tertiary alicyclic amines) is 1. The first-order valence-electron chi connectivity index (χ1n) is 10.3. The van der Waals surface area contributed by atoms with Crippen molar-refractivity contribution < 1.29 is 18.9 Å². The third kappa shape index (κ3) is 5.39. The van der Waals surface area contributed by atoms with Crippen molar-refractivity contribution in [1.29, 1.82) is 0 Å². The molecule has 1 saturated heterocycles. The topological polar surface area (TPSA) is 119 Å². The molecule has 3 N–H and O–H groups in total. The highest BCUT2D eigenvalue weighted by atomic mass is 16.5. The average Bonchev–Trinajstić information content (AvgIpc) is 3.33. The highest BCUT2D eigenvalue weighted by molar-refractivity contribution is 6.05. The van der Waals surface area contributed by atoms with Gasteiger partial charge in [-0.2, -0.15) is 0 Å². The molecule has 1 aromatic heterocycles. The number of hydrogen-bond donors (Lipinski definition) is 2. The largest absolute Gasteiger partial charge is 0.402 e. The normalized spacial score (nSPS) is 16.4. The number of rotatable bonds is 7. The van der Waals surface area contributed by atoms with Crippen LogP contribution in [-0.4, -0.2) is 40.2 Å². The van der Waals surface area contributed by atoms with Gasteiger partial charge in [0.25, 0.3) is 0 Å². The summed E-state index contributed by atoms with van der Waals surface area (Å²) in [4.78, 5) is 38.5. The van der Waals surface area contributed by atoms with Gasteiger partial charge in [0.2, 0.25) is 11.8 Å². The van der Waals surface area contributed by atoms with E-state index < -0.39 is 6.04 Å². The van der Waals surface area contributed by atoms with Crippen LogP contribution in [0.25, 0.3) is 11.1 Å². The van der Waals surface area contributed by atoms with Crippen LogP contribution in [0.15, 0.2) is 40.6 Å². The lowest BCUT2D eigenvalue weighted by Crippen LogP contribution is -2.46. The minimum Gasteiger partial charge on any atom is -0.402 e. The number of carbonyl (C=O) groups is 3. The number of benzene rings is 1. The van der Waals surface area contributed by atoms with E-state index in [1.807, 2.05) is 38.1 Å². The molecule has 8 nitrogen and oxygen atoms in total. The van der Waals surface area contributed by atoms with Crippen molar-refractivity contribution in [2.45, 2.75) is 52.6 Å². The lowest BCUT2D eigenvalue weighted by Gasteiger charge is -2.23. The zero-order valence-corrected chi connectivity index (χ0v) is 18.1. The van der Waals surface area contributed by atoms with Gasteiger partial charge in [-0.25, -0.2) is 0 Å². The molecule has 1 aromatic carbocycles. The van der Waals surface area contributed by atoms with Gasteiger partial charge in [-0.3, -0.25) is 14.4 Å². The fourth-order valence-electron chi connectivity index (χ4n) is 3.88. The molecule has 1 aliphatic heterocycles. The maximum Gasteiger partial charge on any atom is 0.243 e. The third-order valence-corrected chi connectivity index (χ3v) is 5.33. The van der Waals surface area contributed by atoms with Crippen LogP contribution in [0.1, 0.15) is 43.2 Å². The summed E-state index contributed by atoms with van der Waals surface area (Å²) in [6.07, 6.45) is 2.29. The van der Waals surface area contributed by atoms with Gasteiger partial charge in [-0.05, 0) is 44.7 Å². The van der Waals surface area contributed by atoms with E-state index in [9.17, 15) is 14.4 Å². The van der Waals surface area contributed by atoms with Gasteiger partial charge in [0.15, 0.2) is 5.78 Å². The standard InChI is InChI=1S/C23H28N4O4/c1-14(24)11-19(28)12-21(29)27-10-4-5-20(27)23(30)25-13-17-6-8-18(9-7-17)22-15(2)26-31-16(22)3/h6-9,11,20H,4-5,10,12-13,24H2,1-3H3,(H,25,30)/t20-/m0/s1. The molecule has 1 aliphatic rings. The van der Waals surface area contributed by atoms with Crippen LogP contribution in [0.3, 0.4) is 0 Å². The first-order valence-corrected chi connectivity index (χ1v) is 10.3. The predicted molar refractivity (Wildman–Crippen MR) is 116 cm³/mol. The Bertz CT molecular complexity index is 984. The van der Waals surface area contributed by atoms with Gasteiger partial charge >= 0.3 is 0 Å². The van der Waals surface area contributed by atoms with Crippen molar-refractivity contribution in [3.05, 3.63) is 53.1 Å². The Hall–Kier alpha value is -3.42. The van der Waals surface area contributed by atoms with Crippen molar-refractivity contribution in [1.82, 2.24) is 15.4 Å². The molecule has 2 aromatic rings. The van der Waals surface area contributed by atoms with Crippen LogP contribution in [0.2, 0.25) is 0 Å². The summed E-state index contributed by atoms with van der Waals surface area (Å²) in [5.74, 6) is -0.141. The minimum absolute atomic E-state index is 0.210. The Balaban J connectivity index is 1.58. The number of allylic oxidation sites excluding steroid dienone is 2. The zero-order valence-electron chi connectivity index (χ0n) is 18.1. The molecular weight excluding hydrogens is 396 g/mol. The molecule has 0 aliphatic carbocycles. The van der Waals surface area contributed by atoms with Crippen LogP contribution < -0.4 is 11.1 Å². The number of nitrogens with two attached hydrogens (primary N) is 1. The first kappa shape index (κ1) is 22.3. The maximum atomic E-state index is 12.7. The van der Waals surface area contributed by atoms with E-state index in [2.05, 4.69) is 10.5 Å². The summed E-state index contributed by atoms with van der Waals surface area (Å²) in [5, 5.41) is 6.88. The fourth-order valence-corrected chi connectivity index (χ4v) is 3.88. The molecule has 0 saturated carbocycles. The zero-order chi connectivity index (χ0) is 22.5. The molecule has 1 fully saturated rings. The fraction of sp³-hybridized carbons (Fsp3) is 0.391. The molecule has 31 heavy (non-hydrogen) atoms. The monoisotopic (exact) mass is 424 g/mol. The SMILES string of the molecule is CC(N)=CC(=O)CC(=O)N1CCC[C@H]1C(=O)NCc1ccc(-c2c(C)noc2C)cc1. The number of aromatic nitrogens is 1. The summed E-state index contributed by atoms with van der Waals surface area (Å²) in [7, 11) is 0. The number of nitrogens with one attached hydrogen (secondary N) is 1. The van der Waals surface area contributed by atoms with Crippen LogP contribution >= 0.6 is 0 Å². The lowest BCUT2D eigenvalue weighted by molar-refractivity contribution is -0.140. The van der Waals surface area contributed by atoms with Gasteiger partial charge in [-0.15, -0.1) is 0 Å². The molecule has 0 radical (unpaired) electrons. The van der Waals surface area contributed by atoms with Crippen molar-refractivity contribution in [2.24, 2.45) is 5.73 Å². The summed E-state index contributed by atoms with van der Waals surface area (Å²) in [5.41, 5.74) is 9.60. The third-order valence-electron chi connectivity index (χ3n) is 5.33. The van der Waals surface area contributed by atoms with Crippen molar-refractivity contribution >= 4 is 17.6 Å². The summed E-state index contributed by atoms with van der Waals surface area (Å²) >= 11 is 0. The molecule has 164 valence electrons. The van der Waals surface area contributed by atoms with Crippen molar-refractivity contribution in [3.8, 4) is 11.1 Å². The number of nitrogens with zero attached hydrogens (tertiary/aromatic N) is 2. The second kappa shape index (κ2) is 9.59. The summed E-state index contributed by atoms with van der Waals surface area (Å²) in [6.45, 7) is 6.19. The Morgan fingerprint density at radius 1 is 1.26 bits per heavy atom. The van der Waals surface area contributed by atoms with Gasteiger partial charge < -0.3 is 20.5 Å². The molecule has 2 heterocycles. The molecule has 2 amide bonds. The van der Waals surface area contributed by atoms with E-state index in [0.29, 0.717) is 25.2 Å². The van der Waals surface area contributed by atoms with Crippen LogP contribution in [0.5, 0.6) is 0 Å². The molecule has 8 heteroatoms. The first-order chi connectivity index (χ1) is 14.8. The van der Waals surface area contributed by atoms with E-state index in [-0.39, 0.29) is 24.0 Å². The Kier molecular flexibility index (Phi) is 6.89. The highest BCUT2D eigenvalue weighted by Gasteiger charge is 2.34. The van der Waals surface area contributed by atoms with E-state index in [4.69, 9.17) is 10.3 Å². The summed E-state index contributed by atoms with van der Waals surface area (Å²) < 4.78 is 5.22. The van der Waals surface area contributed by atoms with Crippen LogP contribution in [0, 0.1) is 13.8 Å². The average molecular weight is 425 g/mol. The summed E-state index contributed by atoms with van der Waals surface area (Å²) in [6, 6.07) is 7.28. The van der Waals surface area contributed by atoms with Gasteiger partial charge in [-0.1, -0.05) is 29.4 Å². The van der Waals surface area contributed by atoms with E-state index in [1.165, 1.54) is 11.0 Å². The van der Waals surface area contributed by atoms with Crippen molar-refractivity contribution in [2.75, 3.05) is 6.54 Å². The maximum absolute atomic E-state index is 12.7. The molecular formula is C23H28N4O4. The predicted octanol–water partition coefficient (Wildman–Crippen LogP) is 2.39. The number of amides is 2.